The molecule has 2 aromatic rings. The Hall–Kier alpha value is -0.630. The zero-order chi connectivity index (χ0) is 14.9. The predicted molar refractivity (Wildman–Crippen MR) is 84.1 cm³/mol. The molecule has 20 heavy (non-hydrogen) atoms. The summed E-state index contributed by atoms with van der Waals surface area (Å²) in [5, 5.41) is 0.378. The van der Waals surface area contributed by atoms with E-state index in [9.17, 15) is 12.8 Å². The van der Waals surface area contributed by atoms with Gasteiger partial charge < -0.3 is 0 Å². The van der Waals surface area contributed by atoms with E-state index in [1.807, 2.05) is 0 Å². The summed E-state index contributed by atoms with van der Waals surface area (Å²) < 4.78 is 40.6. The van der Waals surface area contributed by atoms with Gasteiger partial charge in [-0.05, 0) is 68.3 Å². The van der Waals surface area contributed by atoms with Gasteiger partial charge in [0, 0.05) is 8.95 Å². The molecule has 106 valence electrons. The summed E-state index contributed by atoms with van der Waals surface area (Å²) in [5.41, 5.74) is 0.314. The van der Waals surface area contributed by atoms with E-state index in [1.165, 1.54) is 12.1 Å². The SMILES string of the molecule is O=S(=O)(Nc1ccc(Br)c(Cl)c1)c1ccc(F)cc1Br. The quantitative estimate of drug-likeness (QED) is 0.741. The first-order valence-electron chi connectivity index (χ1n) is 5.22. The molecule has 0 radical (unpaired) electrons. The highest BCUT2D eigenvalue weighted by molar-refractivity contribution is 9.10. The van der Waals surface area contributed by atoms with E-state index in [0.29, 0.717) is 15.2 Å². The highest BCUT2D eigenvalue weighted by Gasteiger charge is 2.18. The van der Waals surface area contributed by atoms with Crippen LogP contribution in [-0.4, -0.2) is 8.42 Å². The highest BCUT2D eigenvalue weighted by atomic mass is 79.9. The van der Waals surface area contributed by atoms with Crippen molar-refractivity contribution in [1.82, 2.24) is 0 Å². The second kappa shape index (κ2) is 6.01. The molecule has 0 saturated carbocycles. The van der Waals surface area contributed by atoms with Crippen LogP contribution in [0.25, 0.3) is 0 Å². The van der Waals surface area contributed by atoms with Gasteiger partial charge in [-0.2, -0.15) is 0 Å². The zero-order valence-electron chi connectivity index (χ0n) is 9.70. The first kappa shape index (κ1) is 15.8. The largest absolute Gasteiger partial charge is 0.280 e. The summed E-state index contributed by atoms with van der Waals surface area (Å²) in [5.74, 6) is -0.525. The molecule has 0 bridgehead atoms. The Bertz CT molecular complexity index is 768. The van der Waals surface area contributed by atoms with Crippen molar-refractivity contribution in [3.8, 4) is 0 Å². The highest BCUT2D eigenvalue weighted by Crippen LogP contribution is 2.28. The van der Waals surface area contributed by atoms with Gasteiger partial charge in [-0.1, -0.05) is 11.6 Å². The van der Waals surface area contributed by atoms with Crippen molar-refractivity contribution in [2.45, 2.75) is 4.90 Å². The second-order valence-corrected chi connectivity index (χ2v) is 7.58. The van der Waals surface area contributed by atoms with E-state index < -0.39 is 15.8 Å². The van der Waals surface area contributed by atoms with Crippen LogP contribution in [0.1, 0.15) is 0 Å². The lowest BCUT2D eigenvalue weighted by Gasteiger charge is -2.10. The van der Waals surface area contributed by atoms with Crippen LogP contribution in [0.2, 0.25) is 5.02 Å². The Morgan fingerprint density at radius 2 is 1.75 bits per heavy atom. The molecular formula is C12H7Br2ClFNO2S. The lowest BCUT2D eigenvalue weighted by Crippen LogP contribution is -2.13. The molecule has 2 aromatic carbocycles. The molecule has 0 aliphatic carbocycles. The summed E-state index contributed by atoms with van der Waals surface area (Å²) >= 11 is 12.1. The molecular weight excluding hydrogens is 436 g/mol. The van der Waals surface area contributed by atoms with E-state index in [0.717, 1.165) is 12.1 Å². The third-order valence-corrected chi connectivity index (χ3v) is 5.95. The summed E-state index contributed by atoms with van der Waals surface area (Å²) in [6, 6.07) is 8.00. The molecule has 0 saturated heterocycles. The lowest BCUT2D eigenvalue weighted by molar-refractivity contribution is 0.599. The predicted octanol–water partition coefficient (Wildman–Crippen LogP) is 4.80. The number of rotatable bonds is 3. The molecule has 0 heterocycles. The van der Waals surface area contributed by atoms with Crippen LogP contribution in [0, 0.1) is 5.82 Å². The van der Waals surface area contributed by atoms with Gasteiger partial charge in [-0.15, -0.1) is 0 Å². The van der Waals surface area contributed by atoms with Crippen LogP contribution in [0.3, 0.4) is 0 Å². The average molecular weight is 444 g/mol. The van der Waals surface area contributed by atoms with Crippen LogP contribution in [0.4, 0.5) is 10.1 Å². The third kappa shape index (κ3) is 3.52. The van der Waals surface area contributed by atoms with Gasteiger partial charge >= 0.3 is 0 Å². The van der Waals surface area contributed by atoms with Gasteiger partial charge in [-0.25, -0.2) is 12.8 Å². The van der Waals surface area contributed by atoms with Crippen LogP contribution in [0.5, 0.6) is 0 Å². The van der Waals surface area contributed by atoms with Crippen molar-refractivity contribution >= 4 is 59.2 Å². The van der Waals surface area contributed by atoms with Gasteiger partial charge in [0.05, 0.1) is 10.7 Å². The van der Waals surface area contributed by atoms with Gasteiger partial charge in [-0.3, -0.25) is 4.72 Å². The van der Waals surface area contributed by atoms with Gasteiger partial charge in [0.2, 0.25) is 0 Å². The average Bonchev–Trinajstić information content (AvgIpc) is 2.33. The fourth-order valence-electron chi connectivity index (χ4n) is 1.46. The Labute approximate surface area is 137 Å². The molecule has 1 N–H and O–H groups in total. The second-order valence-electron chi connectivity index (χ2n) is 3.81. The molecule has 3 nitrogen and oxygen atoms in total. The number of benzene rings is 2. The normalized spacial score (nSPS) is 11.4. The van der Waals surface area contributed by atoms with Gasteiger partial charge in [0.25, 0.3) is 10.0 Å². The molecule has 0 amide bonds. The van der Waals surface area contributed by atoms with Crippen molar-refractivity contribution in [3.63, 3.8) is 0 Å². The maximum absolute atomic E-state index is 13.0. The maximum Gasteiger partial charge on any atom is 0.263 e. The molecule has 0 spiro atoms. The number of sulfonamides is 1. The summed E-state index contributed by atoms with van der Waals surface area (Å²) in [4.78, 5) is -0.0575. The standard InChI is InChI=1S/C12H7Br2ClFNO2S/c13-9-3-2-8(6-11(9)15)17-20(18,19)12-4-1-7(16)5-10(12)14/h1-6,17H. The Balaban J connectivity index is 2.38. The van der Waals surface area contributed by atoms with E-state index in [1.54, 1.807) is 12.1 Å². The molecule has 0 aromatic heterocycles. The molecule has 8 heteroatoms. The topological polar surface area (TPSA) is 46.2 Å². The number of anilines is 1. The summed E-state index contributed by atoms with van der Waals surface area (Å²) in [6.45, 7) is 0. The Kier molecular flexibility index (Phi) is 4.73. The maximum atomic E-state index is 13.0. The minimum Gasteiger partial charge on any atom is -0.280 e. The number of hydrogen-bond acceptors (Lipinski definition) is 2. The molecule has 0 aliphatic rings. The van der Waals surface area contributed by atoms with E-state index >= 15 is 0 Å². The fourth-order valence-corrected chi connectivity index (χ4v) is 3.99. The fraction of sp³-hybridized carbons (Fsp3) is 0. The number of halogens is 4. The van der Waals surface area contributed by atoms with Crippen molar-refractivity contribution < 1.29 is 12.8 Å². The third-order valence-electron chi connectivity index (χ3n) is 2.36. The van der Waals surface area contributed by atoms with Crippen LogP contribution in [0.15, 0.2) is 50.2 Å². The lowest BCUT2D eigenvalue weighted by atomic mass is 10.3. The molecule has 0 fully saturated rings. The van der Waals surface area contributed by atoms with Crippen molar-refractivity contribution in [2.75, 3.05) is 4.72 Å². The molecule has 0 atom stereocenters. The van der Waals surface area contributed by atoms with Crippen molar-refractivity contribution in [2.24, 2.45) is 0 Å². The minimum atomic E-state index is -3.83. The Morgan fingerprint density at radius 3 is 2.35 bits per heavy atom. The molecule has 2 rings (SSSR count). The van der Waals surface area contributed by atoms with E-state index in [-0.39, 0.29) is 9.37 Å². The van der Waals surface area contributed by atoms with E-state index in [2.05, 4.69) is 36.6 Å². The smallest absolute Gasteiger partial charge is 0.263 e. The number of hydrogen-bond donors (Lipinski definition) is 1. The Morgan fingerprint density at radius 1 is 1.05 bits per heavy atom. The van der Waals surface area contributed by atoms with E-state index in [4.69, 9.17) is 11.6 Å². The zero-order valence-corrected chi connectivity index (χ0v) is 14.4. The first-order valence-corrected chi connectivity index (χ1v) is 8.67. The van der Waals surface area contributed by atoms with Gasteiger partial charge in [0.1, 0.15) is 10.7 Å². The van der Waals surface area contributed by atoms with Crippen molar-refractivity contribution in [3.05, 3.63) is 56.2 Å². The van der Waals surface area contributed by atoms with Gasteiger partial charge in [0.15, 0.2) is 0 Å². The monoisotopic (exact) mass is 441 g/mol. The van der Waals surface area contributed by atoms with Crippen molar-refractivity contribution in [1.29, 1.82) is 0 Å². The van der Waals surface area contributed by atoms with Crippen LogP contribution < -0.4 is 4.72 Å². The first-order chi connectivity index (χ1) is 9.29. The molecule has 0 aliphatic heterocycles. The number of nitrogens with one attached hydrogen (secondary N) is 1. The van der Waals surface area contributed by atoms with Crippen LogP contribution >= 0.6 is 43.5 Å². The minimum absolute atomic E-state index is 0.0575. The molecule has 0 unspecified atom stereocenters. The van der Waals surface area contributed by atoms with Crippen LogP contribution in [-0.2, 0) is 10.0 Å². The summed E-state index contributed by atoms with van der Waals surface area (Å²) in [7, 11) is -3.83. The summed E-state index contributed by atoms with van der Waals surface area (Å²) in [6.07, 6.45) is 0.